The Bertz CT molecular complexity index is 790. The molecule has 0 bridgehead atoms. The molecule has 26 heavy (non-hydrogen) atoms. The molecule has 2 aromatic rings. The van der Waals surface area contributed by atoms with Crippen molar-refractivity contribution >= 4 is 22.5 Å². The SMILES string of the molecule is CO[C@]1(C(=O)Nc2ccc(OC(C)C)c3ncccc23)CCC[C@H](C)C1. The molecule has 0 aliphatic heterocycles. The zero-order valence-electron chi connectivity index (χ0n) is 16.0. The molecule has 140 valence electrons. The zero-order chi connectivity index (χ0) is 18.7. The number of hydrogen-bond donors (Lipinski definition) is 1. The number of fused-ring (bicyclic) bond motifs is 1. The molecule has 1 aromatic heterocycles. The topological polar surface area (TPSA) is 60.5 Å². The smallest absolute Gasteiger partial charge is 0.256 e. The van der Waals surface area contributed by atoms with Crippen LogP contribution in [0.2, 0.25) is 0 Å². The van der Waals surface area contributed by atoms with Crippen molar-refractivity contribution in [1.82, 2.24) is 4.98 Å². The van der Waals surface area contributed by atoms with E-state index in [1.165, 1.54) is 0 Å². The van der Waals surface area contributed by atoms with Crippen LogP contribution in [-0.2, 0) is 9.53 Å². The van der Waals surface area contributed by atoms with Crippen molar-refractivity contribution in [3.63, 3.8) is 0 Å². The Balaban J connectivity index is 1.92. The Morgan fingerprint density at radius 2 is 2.15 bits per heavy atom. The van der Waals surface area contributed by atoms with Crippen molar-refractivity contribution in [2.75, 3.05) is 12.4 Å². The molecule has 1 saturated carbocycles. The molecule has 5 nitrogen and oxygen atoms in total. The number of benzene rings is 1. The van der Waals surface area contributed by atoms with Crippen LogP contribution in [0.15, 0.2) is 30.5 Å². The van der Waals surface area contributed by atoms with Crippen molar-refractivity contribution in [2.45, 2.75) is 58.2 Å². The quantitative estimate of drug-likeness (QED) is 0.853. The highest BCUT2D eigenvalue weighted by Crippen LogP contribution is 2.37. The summed E-state index contributed by atoms with van der Waals surface area (Å²) in [5, 5.41) is 3.96. The summed E-state index contributed by atoms with van der Waals surface area (Å²) in [6.45, 7) is 6.14. The van der Waals surface area contributed by atoms with E-state index in [-0.39, 0.29) is 12.0 Å². The molecular weight excluding hydrogens is 328 g/mol. The Kier molecular flexibility index (Phi) is 5.47. The van der Waals surface area contributed by atoms with Gasteiger partial charge in [0, 0.05) is 18.7 Å². The maximum atomic E-state index is 13.1. The Labute approximate surface area is 155 Å². The predicted octanol–water partition coefficient (Wildman–Crippen LogP) is 4.56. The molecule has 3 rings (SSSR count). The molecule has 1 aliphatic carbocycles. The van der Waals surface area contributed by atoms with Crippen molar-refractivity contribution in [3.05, 3.63) is 30.5 Å². The second-order valence-electron chi connectivity index (χ2n) is 7.53. The molecule has 1 aromatic carbocycles. The average Bonchev–Trinajstić information content (AvgIpc) is 2.63. The van der Waals surface area contributed by atoms with Gasteiger partial charge in [0.2, 0.25) is 0 Å². The number of anilines is 1. The number of rotatable bonds is 5. The highest BCUT2D eigenvalue weighted by molar-refractivity contribution is 6.05. The van der Waals surface area contributed by atoms with Gasteiger partial charge in [0.1, 0.15) is 16.9 Å². The number of nitrogens with one attached hydrogen (secondary N) is 1. The van der Waals surface area contributed by atoms with Gasteiger partial charge in [-0.1, -0.05) is 13.3 Å². The van der Waals surface area contributed by atoms with Gasteiger partial charge in [-0.05, 0) is 63.3 Å². The van der Waals surface area contributed by atoms with E-state index < -0.39 is 5.60 Å². The Morgan fingerprint density at radius 3 is 2.85 bits per heavy atom. The van der Waals surface area contributed by atoms with Crippen LogP contribution in [0.1, 0.15) is 46.5 Å². The van der Waals surface area contributed by atoms with Crippen molar-refractivity contribution < 1.29 is 14.3 Å². The van der Waals surface area contributed by atoms with Crippen LogP contribution < -0.4 is 10.1 Å². The number of nitrogens with zero attached hydrogens (tertiary/aromatic N) is 1. The van der Waals surface area contributed by atoms with E-state index in [9.17, 15) is 4.79 Å². The summed E-state index contributed by atoms with van der Waals surface area (Å²) in [6, 6.07) is 7.57. The zero-order valence-corrected chi connectivity index (χ0v) is 16.0. The first-order valence-corrected chi connectivity index (χ1v) is 9.36. The lowest BCUT2D eigenvalue weighted by Crippen LogP contribution is -2.47. The number of carbonyl (C=O) groups excluding carboxylic acids is 1. The first-order chi connectivity index (χ1) is 12.4. The summed E-state index contributed by atoms with van der Waals surface area (Å²) in [6.07, 6.45) is 5.45. The Morgan fingerprint density at radius 1 is 1.35 bits per heavy atom. The molecule has 1 amide bonds. The largest absolute Gasteiger partial charge is 0.489 e. The van der Waals surface area contributed by atoms with Gasteiger partial charge in [-0.3, -0.25) is 9.78 Å². The van der Waals surface area contributed by atoms with E-state index in [1.54, 1.807) is 13.3 Å². The fourth-order valence-corrected chi connectivity index (χ4v) is 3.83. The number of methoxy groups -OCH3 is 1. The van der Waals surface area contributed by atoms with Crippen molar-refractivity contribution in [1.29, 1.82) is 0 Å². The molecule has 5 heteroatoms. The van der Waals surface area contributed by atoms with Crippen LogP contribution in [0.5, 0.6) is 5.75 Å². The second kappa shape index (κ2) is 7.62. The predicted molar refractivity (Wildman–Crippen MR) is 104 cm³/mol. The van der Waals surface area contributed by atoms with Crippen molar-refractivity contribution in [3.8, 4) is 5.75 Å². The summed E-state index contributed by atoms with van der Waals surface area (Å²) < 4.78 is 11.6. The maximum absolute atomic E-state index is 13.1. The number of aromatic nitrogens is 1. The maximum Gasteiger partial charge on any atom is 0.256 e. The van der Waals surface area contributed by atoms with Crippen LogP contribution in [-0.4, -0.2) is 29.7 Å². The van der Waals surface area contributed by atoms with Gasteiger partial charge in [0.05, 0.1) is 11.8 Å². The molecule has 0 unspecified atom stereocenters. The number of pyridine rings is 1. The fourth-order valence-electron chi connectivity index (χ4n) is 3.83. The van der Waals surface area contributed by atoms with Gasteiger partial charge in [0.25, 0.3) is 5.91 Å². The first-order valence-electron chi connectivity index (χ1n) is 9.36. The van der Waals surface area contributed by atoms with Crippen molar-refractivity contribution in [2.24, 2.45) is 5.92 Å². The first kappa shape index (κ1) is 18.6. The minimum Gasteiger partial charge on any atom is -0.489 e. The lowest BCUT2D eigenvalue weighted by Gasteiger charge is -2.37. The van der Waals surface area contributed by atoms with E-state index in [2.05, 4.69) is 17.2 Å². The van der Waals surface area contributed by atoms with Gasteiger partial charge < -0.3 is 14.8 Å². The van der Waals surface area contributed by atoms with Gasteiger partial charge in [0.15, 0.2) is 0 Å². The van der Waals surface area contributed by atoms with E-state index in [1.807, 2.05) is 38.1 Å². The van der Waals surface area contributed by atoms with E-state index >= 15 is 0 Å². The molecule has 2 atom stereocenters. The molecule has 0 radical (unpaired) electrons. The third kappa shape index (κ3) is 3.68. The van der Waals surface area contributed by atoms with Gasteiger partial charge in [-0.2, -0.15) is 0 Å². The fraction of sp³-hybridized carbons (Fsp3) is 0.524. The molecule has 1 heterocycles. The highest BCUT2D eigenvalue weighted by Gasteiger charge is 2.42. The summed E-state index contributed by atoms with van der Waals surface area (Å²) in [5.41, 5.74) is 0.741. The number of hydrogen-bond acceptors (Lipinski definition) is 4. The molecule has 1 aliphatic rings. The summed E-state index contributed by atoms with van der Waals surface area (Å²) in [5.74, 6) is 1.13. The van der Waals surface area contributed by atoms with Crippen LogP contribution in [0.4, 0.5) is 5.69 Å². The number of carbonyl (C=O) groups is 1. The van der Waals surface area contributed by atoms with Crippen LogP contribution in [0.3, 0.4) is 0 Å². The average molecular weight is 356 g/mol. The molecule has 1 N–H and O–H groups in total. The van der Waals surface area contributed by atoms with E-state index in [0.717, 1.165) is 48.0 Å². The third-order valence-electron chi connectivity index (χ3n) is 5.10. The monoisotopic (exact) mass is 356 g/mol. The lowest BCUT2D eigenvalue weighted by molar-refractivity contribution is -0.143. The molecular formula is C21H28N2O3. The number of amides is 1. The van der Waals surface area contributed by atoms with Gasteiger partial charge in [-0.15, -0.1) is 0 Å². The second-order valence-corrected chi connectivity index (χ2v) is 7.53. The lowest BCUT2D eigenvalue weighted by atomic mass is 9.78. The van der Waals surface area contributed by atoms with E-state index in [0.29, 0.717) is 5.92 Å². The Hall–Kier alpha value is -2.14. The molecule has 1 fully saturated rings. The van der Waals surface area contributed by atoms with Gasteiger partial charge in [-0.25, -0.2) is 0 Å². The molecule has 0 spiro atoms. The summed E-state index contributed by atoms with van der Waals surface area (Å²) >= 11 is 0. The van der Waals surface area contributed by atoms with Gasteiger partial charge >= 0.3 is 0 Å². The summed E-state index contributed by atoms with van der Waals surface area (Å²) in [4.78, 5) is 17.5. The highest BCUT2D eigenvalue weighted by atomic mass is 16.5. The summed E-state index contributed by atoms with van der Waals surface area (Å²) in [7, 11) is 1.64. The van der Waals surface area contributed by atoms with Crippen LogP contribution >= 0.6 is 0 Å². The molecule has 0 saturated heterocycles. The third-order valence-corrected chi connectivity index (χ3v) is 5.10. The van der Waals surface area contributed by atoms with Crippen LogP contribution in [0, 0.1) is 5.92 Å². The normalized spacial score (nSPS) is 23.2. The van der Waals surface area contributed by atoms with Crippen LogP contribution in [0.25, 0.3) is 10.9 Å². The standard InChI is InChI=1S/C21H28N2O3/c1-14(2)26-18-10-9-17(16-8-6-12-22-19(16)18)23-20(24)21(25-4)11-5-7-15(3)13-21/h6,8-10,12,14-15H,5,7,11,13H2,1-4H3,(H,23,24)/t15-,21+/m0/s1. The number of ether oxygens (including phenoxy) is 2. The minimum atomic E-state index is -0.751. The van der Waals surface area contributed by atoms with E-state index in [4.69, 9.17) is 9.47 Å². The minimum absolute atomic E-state index is 0.0566.